The maximum atomic E-state index is 13.1. The normalized spacial score (nSPS) is 25.4. The highest BCUT2D eigenvalue weighted by molar-refractivity contribution is 7.08. The molecule has 2 fully saturated rings. The summed E-state index contributed by atoms with van der Waals surface area (Å²) >= 11 is 1.65. The molecule has 2 aliphatic rings. The van der Waals surface area contributed by atoms with Gasteiger partial charge in [-0.25, -0.2) is 0 Å². The molecule has 0 unspecified atom stereocenters. The van der Waals surface area contributed by atoms with Crippen LogP contribution in [-0.4, -0.2) is 35.4 Å². The molecule has 0 aromatic carbocycles. The van der Waals surface area contributed by atoms with E-state index in [0.717, 1.165) is 51.1 Å². The second kappa shape index (κ2) is 6.06. The number of carbonyl (C=O) groups excluding carboxylic acids is 1. The molecule has 2 aromatic rings. The molecule has 0 saturated carbocycles. The van der Waals surface area contributed by atoms with E-state index >= 15 is 0 Å². The number of amides is 1. The van der Waals surface area contributed by atoms with Gasteiger partial charge in [-0.15, -0.1) is 0 Å². The topological polar surface area (TPSA) is 36.4 Å². The second-order valence-corrected chi connectivity index (χ2v) is 7.42. The van der Waals surface area contributed by atoms with Crippen LogP contribution in [0.4, 0.5) is 5.69 Å². The zero-order chi connectivity index (χ0) is 15.7. The molecular formula is C18H21N3OS. The molecule has 0 N–H and O–H groups in total. The molecule has 2 saturated heterocycles. The summed E-state index contributed by atoms with van der Waals surface area (Å²) in [6, 6.07) is 6.15. The number of pyridine rings is 1. The summed E-state index contributed by atoms with van der Waals surface area (Å²) in [5, 5.41) is 4.12. The Morgan fingerprint density at radius 2 is 2.22 bits per heavy atom. The molecule has 2 aromatic heterocycles. The highest BCUT2D eigenvalue weighted by Crippen LogP contribution is 2.42. The Morgan fingerprint density at radius 1 is 1.26 bits per heavy atom. The third kappa shape index (κ3) is 2.79. The fourth-order valence-electron chi connectivity index (χ4n) is 3.97. The summed E-state index contributed by atoms with van der Waals surface area (Å²) < 4.78 is 0. The molecule has 120 valence electrons. The fraction of sp³-hybridized carbons (Fsp3) is 0.444. The fourth-order valence-corrected chi connectivity index (χ4v) is 4.61. The zero-order valence-corrected chi connectivity index (χ0v) is 14.0. The summed E-state index contributed by atoms with van der Waals surface area (Å²) in [7, 11) is 0. The van der Waals surface area contributed by atoms with E-state index in [9.17, 15) is 4.79 Å². The van der Waals surface area contributed by atoms with Gasteiger partial charge in [0.2, 0.25) is 5.91 Å². The molecule has 4 rings (SSSR count). The maximum absolute atomic E-state index is 13.1. The van der Waals surface area contributed by atoms with Gasteiger partial charge in [0.1, 0.15) is 0 Å². The Morgan fingerprint density at radius 3 is 3.00 bits per heavy atom. The standard InChI is InChI=1S/C18H21N3OS/c22-17-18(6-9-21(17)16-4-10-23-13-16)5-2-8-20(14-18)12-15-3-1-7-19-11-15/h1,3-4,7,10-11,13H,2,5-6,8-9,12,14H2/t18-/m0/s1. The lowest BCUT2D eigenvalue weighted by Crippen LogP contribution is -2.47. The number of rotatable bonds is 3. The summed E-state index contributed by atoms with van der Waals surface area (Å²) in [5.74, 6) is 0.326. The first kappa shape index (κ1) is 14.8. The van der Waals surface area contributed by atoms with Gasteiger partial charge in [-0.05, 0) is 48.9 Å². The van der Waals surface area contributed by atoms with Gasteiger partial charge in [0, 0.05) is 37.4 Å². The van der Waals surface area contributed by atoms with Crippen molar-refractivity contribution in [3.8, 4) is 0 Å². The van der Waals surface area contributed by atoms with Crippen molar-refractivity contribution in [1.29, 1.82) is 0 Å². The van der Waals surface area contributed by atoms with Crippen molar-refractivity contribution < 1.29 is 4.79 Å². The highest BCUT2D eigenvalue weighted by atomic mass is 32.1. The minimum absolute atomic E-state index is 0.178. The minimum atomic E-state index is -0.178. The van der Waals surface area contributed by atoms with Crippen LogP contribution in [0.5, 0.6) is 0 Å². The lowest BCUT2D eigenvalue weighted by Gasteiger charge is -2.39. The van der Waals surface area contributed by atoms with E-state index in [0.29, 0.717) is 5.91 Å². The molecule has 0 bridgehead atoms. The van der Waals surface area contributed by atoms with Crippen molar-refractivity contribution in [1.82, 2.24) is 9.88 Å². The number of aromatic nitrogens is 1. The van der Waals surface area contributed by atoms with Crippen molar-refractivity contribution in [2.24, 2.45) is 5.41 Å². The van der Waals surface area contributed by atoms with Gasteiger partial charge in [0.15, 0.2) is 0 Å². The van der Waals surface area contributed by atoms with E-state index in [1.807, 2.05) is 22.5 Å². The molecular weight excluding hydrogens is 306 g/mol. The molecule has 1 spiro atoms. The van der Waals surface area contributed by atoms with Crippen LogP contribution in [0.15, 0.2) is 41.4 Å². The SMILES string of the molecule is O=C1N(c2ccsc2)CC[C@]12CCCN(Cc1cccnc1)C2. The van der Waals surface area contributed by atoms with Gasteiger partial charge in [-0.2, -0.15) is 11.3 Å². The van der Waals surface area contributed by atoms with Crippen LogP contribution < -0.4 is 4.90 Å². The third-order valence-corrected chi connectivity index (χ3v) is 5.79. The van der Waals surface area contributed by atoms with Crippen molar-refractivity contribution in [3.63, 3.8) is 0 Å². The highest BCUT2D eigenvalue weighted by Gasteiger charge is 2.49. The number of nitrogens with zero attached hydrogens (tertiary/aromatic N) is 3. The average Bonchev–Trinajstić information content (AvgIpc) is 3.19. The maximum Gasteiger partial charge on any atom is 0.234 e. The monoisotopic (exact) mass is 327 g/mol. The summed E-state index contributed by atoms with van der Waals surface area (Å²) in [6.07, 6.45) is 6.83. The Bertz CT molecular complexity index is 673. The summed E-state index contributed by atoms with van der Waals surface area (Å²) in [6.45, 7) is 3.70. The van der Waals surface area contributed by atoms with Gasteiger partial charge >= 0.3 is 0 Å². The van der Waals surface area contributed by atoms with Crippen molar-refractivity contribution in [2.75, 3.05) is 24.5 Å². The van der Waals surface area contributed by atoms with E-state index in [1.54, 1.807) is 17.5 Å². The Hall–Kier alpha value is -1.72. The first-order valence-corrected chi connectivity index (χ1v) is 9.17. The van der Waals surface area contributed by atoms with Crippen LogP contribution >= 0.6 is 11.3 Å². The molecule has 1 atom stereocenters. The second-order valence-electron chi connectivity index (χ2n) is 6.64. The van der Waals surface area contributed by atoms with Crippen LogP contribution in [0.1, 0.15) is 24.8 Å². The summed E-state index contributed by atoms with van der Waals surface area (Å²) in [5.41, 5.74) is 2.12. The van der Waals surface area contributed by atoms with E-state index in [4.69, 9.17) is 0 Å². The Balaban J connectivity index is 1.49. The number of likely N-dealkylation sites (tertiary alicyclic amines) is 1. The predicted octanol–water partition coefficient (Wildman–Crippen LogP) is 3.16. The summed E-state index contributed by atoms with van der Waals surface area (Å²) in [4.78, 5) is 21.7. The van der Waals surface area contributed by atoms with Gasteiger partial charge in [-0.1, -0.05) is 6.07 Å². The van der Waals surface area contributed by atoms with Crippen LogP contribution in [0.25, 0.3) is 0 Å². The number of hydrogen-bond acceptors (Lipinski definition) is 4. The molecule has 1 amide bonds. The van der Waals surface area contributed by atoms with Gasteiger partial charge in [-0.3, -0.25) is 14.7 Å². The smallest absolute Gasteiger partial charge is 0.234 e. The predicted molar refractivity (Wildman–Crippen MR) is 92.5 cm³/mol. The molecule has 4 heterocycles. The number of carbonyl (C=O) groups is 1. The third-order valence-electron chi connectivity index (χ3n) is 5.12. The minimum Gasteiger partial charge on any atom is -0.311 e. The van der Waals surface area contributed by atoms with Gasteiger partial charge < -0.3 is 4.90 Å². The lowest BCUT2D eigenvalue weighted by molar-refractivity contribution is -0.128. The quantitative estimate of drug-likeness (QED) is 0.869. The van der Waals surface area contributed by atoms with Gasteiger partial charge in [0.05, 0.1) is 11.1 Å². The first-order valence-electron chi connectivity index (χ1n) is 8.22. The Kier molecular flexibility index (Phi) is 3.91. The Labute approximate surface area is 140 Å². The van der Waals surface area contributed by atoms with Crippen LogP contribution in [0, 0.1) is 5.41 Å². The molecule has 0 radical (unpaired) electrons. The van der Waals surface area contributed by atoms with Crippen LogP contribution in [0.2, 0.25) is 0 Å². The molecule has 5 heteroatoms. The number of piperidine rings is 1. The van der Waals surface area contributed by atoms with E-state index in [2.05, 4.69) is 27.4 Å². The first-order chi connectivity index (χ1) is 11.3. The van der Waals surface area contributed by atoms with Crippen molar-refractivity contribution in [2.45, 2.75) is 25.8 Å². The lowest BCUT2D eigenvalue weighted by atomic mass is 9.78. The number of anilines is 1. The van der Waals surface area contributed by atoms with Crippen LogP contribution in [0.3, 0.4) is 0 Å². The van der Waals surface area contributed by atoms with E-state index in [1.165, 1.54) is 5.56 Å². The van der Waals surface area contributed by atoms with Crippen molar-refractivity contribution >= 4 is 22.9 Å². The molecule has 23 heavy (non-hydrogen) atoms. The van der Waals surface area contributed by atoms with Crippen molar-refractivity contribution in [3.05, 3.63) is 46.9 Å². The number of hydrogen-bond donors (Lipinski definition) is 0. The average molecular weight is 327 g/mol. The van der Waals surface area contributed by atoms with E-state index < -0.39 is 0 Å². The van der Waals surface area contributed by atoms with E-state index in [-0.39, 0.29) is 5.41 Å². The van der Waals surface area contributed by atoms with Gasteiger partial charge in [0.25, 0.3) is 0 Å². The zero-order valence-electron chi connectivity index (χ0n) is 13.1. The largest absolute Gasteiger partial charge is 0.311 e. The molecule has 2 aliphatic heterocycles. The molecule has 4 nitrogen and oxygen atoms in total. The number of thiophene rings is 1. The molecule has 0 aliphatic carbocycles. The van der Waals surface area contributed by atoms with Crippen LogP contribution in [-0.2, 0) is 11.3 Å².